The maximum absolute atomic E-state index is 12.9. The fourth-order valence-corrected chi connectivity index (χ4v) is 5.47. The highest BCUT2D eigenvalue weighted by molar-refractivity contribution is 5.88. The summed E-state index contributed by atoms with van der Waals surface area (Å²) in [6.07, 6.45) is 4.57. The molecule has 4 aromatic rings. The number of nitrogens with one attached hydrogen (secondary N) is 2. The van der Waals surface area contributed by atoms with Gasteiger partial charge >= 0.3 is 6.09 Å². The van der Waals surface area contributed by atoms with E-state index in [-0.39, 0.29) is 0 Å². The van der Waals surface area contributed by atoms with E-state index >= 15 is 0 Å². The molecule has 3 heterocycles. The Morgan fingerprint density at radius 3 is 2.37 bits per heavy atom. The van der Waals surface area contributed by atoms with Crippen LogP contribution in [0.2, 0.25) is 0 Å². The number of hydrogen-bond donors (Lipinski definition) is 2. The zero-order chi connectivity index (χ0) is 30.5. The van der Waals surface area contributed by atoms with Gasteiger partial charge in [-0.05, 0) is 56.1 Å². The van der Waals surface area contributed by atoms with Crippen LogP contribution in [0.3, 0.4) is 0 Å². The number of carbonyl (C=O) groups excluding carboxylic acids is 1. The molecule has 0 radical (unpaired) electrons. The van der Waals surface area contributed by atoms with Crippen molar-refractivity contribution in [3.05, 3.63) is 71.5 Å². The molecular formula is C33H41N7O3. The SMILES string of the molecule is CCc1cc(C)cc(CC)c1NC(=O)Oc1cc(-c2ccnc(Nc3ccc(N4CCN(C)CC4)cc3OC)n2)n(C)c1. The second-order valence-corrected chi connectivity index (χ2v) is 10.9. The van der Waals surface area contributed by atoms with Crippen LogP contribution in [-0.4, -0.2) is 65.9 Å². The molecule has 0 bridgehead atoms. The average Bonchev–Trinajstić information content (AvgIpc) is 3.37. The Labute approximate surface area is 253 Å². The van der Waals surface area contributed by atoms with Gasteiger partial charge in [-0.1, -0.05) is 31.5 Å². The molecule has 1 fully saturated rings. The lowest BCUT2D eigenvalue weighted by molar-refractivity contribution is 0.215. The van der Waals surface area contributed by atoms with Crippen molar-refractivity contribution in [3.63, 3.8) is 0 Å². The molecule has 0 saturated carbocycles. The van der Waals surface area contributed by atoms with E-state index in [1.54, 1.807) is 25.6 Å². The van der Waals surface area contributed by atoms with Crippen LogP contribution >= 0.6 is 0 Å². The Morgan fingerprint density at radius 2 is 1.70 bits per heavy atom. The average molecular weight is 584 g/mol. The summed E-state index contributed by atoms with van der Waals surface area (Å²) in [6.45, 7) is 10.3. The molecule has 43 heavy (non-hydrogen) atoms. The van der Waals surface area contributed by atoms with Gasteiger partial charge in [0.15, 0.2) is 5.75 Å². The Bertz CT molecular complexity index is 1570. The van der Waals surface area contributed by atoms with Crippen LogP contribution in [0.5, 0.6) is 11.5 Å². The first-order valence-corrected chi connectivity index (χ1v) is 14.8. The van der Waals surface area contributed by atoms with Crippen LogP contribution in [0.15, 0.2) is 54.9 Å². The van der Waals surface area contributed by atoms with Crippen molar-refractivity contribution in [2.45, 2.75) is 33.6 Å². The van der Waals surface area contributed by atoms with E-state index in [0.29, 0.717) is 17.4 Å². The number of anilines is 4. The minimum atomic E-state index is -0.525. The van der Waals surface area contributed by atoms with E-state index in [4.69, 9.17) is 14.5 Å². The highest BCUT2D eigenvalue weighted by atomic mass is 16.6. The molecule has 0 spiro atoms. The van der Waals surface area contributed by atoms with Crippen LogP contribution in [0.25, 0.3) is 11.4 Å². The largest absolute Gasteiger partial charge is 0.494 e. The quantitative estimate of drug-likeness (QED) is 0.247. The molecule has 10 heteroatoms. The lowest BCUT2D eigenvalue weighted by Crippen LogP contribution is -2.44. The molecule has 2 aromatic heterocycles. The third-order valence-electron chi connectivity index (χ3n) is 7.84. The van der Waals surface area contributed by atoms with Crippen molar-refractivity contribution in [3.8, 4) is 22.9 Å². The van der Waals surface area contributed by atoms with Gasteiger partial charge in [-0.3, -0.25) is 5.32 Å². The summed E-state index contributed by atoms with van der Waals surface area (Å²) >= 11 is 0. The number of nitrogens with zero attached hydrogens (tertiary/aromatic N) is 5. The molecule has 1 aliphatic rings. The number of benzene rings is 2. The number of hydrogen-bond acceptors (Lipinski definition) is 8. The van der Waals surface area contributed by atoms with Crippen LogP contribution in [-0.2, 0) is 19.9 Å². The van der Waals surface area contributed by atoms with Crippen LogP contribution in [0.4, 0.5) is 27.8 Å². The van der Waals surface area contributed by atoms with Gasteiger partial charge in [0.2, 0.25) is 5.95 Å². The standard InChI is InChI=1S/C33H41N7O3/c1-7-23-17-22(3)18-24(8-2)31(23)37-33(41)43-26-20-29(39(5)21-26)27-11-12-34-32(35-27)36-28-10-9-25(19-30(28)42-6)40-15-13-38(4)14-16-40/h9-12,17-21H,7-8,13-16H2,1-6H3,(H,37,41)(H,34,35,36). The van der Waals surface area contributed by atoms with Gasteiger partial charge in [-0.25, -0.2) is 14.8 Å². The predicted octanol–water partition coefficient (Wildman–Crippen LogP) is 6.03. The minimum absolute atomic E-state index is 0.424. The number of amides is 1. The van der Waals surface area contributed by atoms with Gasteiger partial charge in [0.05, 0.1) is 29.9 Å². The van der Waals surface area contributed by atoms with Gasteiger partial charge < -0.3 is 29.2 Å². The highest BCUT2D eigenvalue weighted by Gasteiger charge is 2.18. The third-order valence-corrected chi connectivity index (χ3v) is 7.84. The Balaban J connectivity index is 1.30. The molecule has 1 saturated heterocycles. The van der Waals surface area contributed by atoms with Crippen LogP contribution in [0, 0.1) is 6.92 Å². The van der Waals surface area contributed by atoms with Gasteiger partial charge in [0, 0.05) is 63.4 Å². The summed E-state index contributed by atoms with van der Waals surface area (Å²) in [5.74, 6) is 1.58. The van der Waals surface area contributed by atoms with Gasteiger partial charge in [-0.15, -0.1) is 0 Å². The molecule has 226 valence electrons. The van der Waals surface area contributed by atoms with Crippen LogP contribution in [0.1, 0.15) is 30.5 Å². The van der Waals surface area contributed by atoms with Gasteiger partial charge in [-0.2, -0.15) is 0 Å². The first-order valence-electron chi connectivity index (χ1n) is 14.8. The second kappa shape index (κ2) is 13.2. The summed E-state index contributed by atoms with van der Waals surface area (Å²) in [6, 6.07) is 14.0. The molecule has 5 rings (SSSR count). The first kappa shape index (κ1) is 29.9. The number of aromatic nitrogens is 3. The first-order chi connectivity index (χ1) is 20.8. The molecule has 0 unspecified atom stereocenters. The normalized spacial score (nSPS) is 13.6. The molecule has 1 amide bonds. The summed E-state index contributed by atoms with van der Waals surface area (Å²) in [4.78, 5) is 26.8. The Morgan fingerprint density at radius 1 is 0.977 bits per heavy atom. The lowest BCUT2D eigenvalue weighted by atomic mass is 10.00. The number of aryl methyl sites for hydroxylation is 4. The minimum Gasteiger partial charge on any atom is -0.494 e. The molecule has 10 nitrogen and oxygen atoms in total. The van der Waals surface area contributed by atoms with E-state index < -0.39 is 6.09 Å². The maximum atomic E-state index is 12.9. The summed E-state index contributed by atoms with van der Waals surface area (Å²) in [7, 11) is 5.70. The van der Waals surface area contributed by atoms with E-state index in [1.165, 1.54) is 5.56 Å². The Kier molecular flexibility index (Phi) is 9.16. The van der Waals surface area contributed by atoms with Crippen molar-refractivity contribution in [2.75, 3.05) is 55.9 Å². The number of likely N-dealkylation sites (N-methyl/N-ethyl adjacent to an activating group) is 1. The fraction of sp³-hybridized carbons (Fsp3) is 0.364. The number of piperazine rings is 1. The topological polar surface area (TPSA) is 96.8 Å². The highest BCUT2D eigenvalue weighted by Crippen LogP contribution is 2.33. The zero-order valence-corrected chi connectivity index (χ0v) is 25.9. The van der Waals surface area contributed by atoms with Crippen molar-refractivity contribution < 1.29 is 14.3 Å². The predicted molar refractivity (Wildman–Crippen MR) is 172 cm³/mol. The van der Waals surface area contributed by atoms with E-state index in [1.807, 2.05) is 29.8 Å². The molecular weight excluding hydrogens is 542 g/mol. The monoisotopic (exact) mass is 583 g/mol. The number of ether oxygens (including phenoxy) is 2. The number of methoxy groups -OCH3 is 1. The van der Waals surface area contributed by atoms with E-state index in [0.717, 1.165) is 78.7 Å². The van der Waals surface area contributed by atoms with Crippen molar-refractivity contribution in [1.82, 2.24) is 19.4 Å². The fourth-order valence-electron chi connectivity index (χ4n) is 5.47. The maximum Gasteiger partial charge on any atom is 0.417 e. The molecule has 2 N–H and O–H groups in total. The summed E-state index contributed by atoms with van der Waals surface area (Å²) in [5, 5.41) is 6.28. The smallest absolute Gasteiger partial charge is 0.417 e. The summed E-state index contributed by atoms with van der Waals surface area (Å²) in [5.41, 5.74) is 7.57. The molecule has 0 aliphatic carbocycles. The number of rotatable bonds is 9. The zero-order valence-electron chi connectivity index (χ0n) is 25.9. The lowest BCUT2D eigenvalue weighted by Gasteiger charge is -2.34. The molecule has 1 aliphatic heterocycles. The van der Waals surface area contributed by atoms with Crippen molar-refractivity contribution in [1.29, 1.82) is 0 Å². The van der Waals surface area contributed by atoms with Gasteiger partial charge in [0.25, 0.3) is 0 Å². The van der Waals surface area contributed by atoms with Crippen LogP contribution < -0.4 is 25.0 Å². The molecule has 0 atom stereocenters. The second-order valence-electron chi connectivity index (χ2n) is 10.9. The van der Waals surface area contributed by atoms with E-state index in [9.17, 15) is 4.79 Å². The molecule has 2 aromatic carbocycles. The van der Waals surface area contributed by atoms with E-state index in [2.05, 4.69) is 71.4 Å². The van der Waals surface area contributed by atoms with Gasteiger partial charge in [0.1, 0.15) is 5.75 Å². The number of carbonyl (C=O) groups is 1. The third kappa shape index (κ3) is 6.91. The Hall–Kier alpha value is -4.57. The summed E-state index contributed by atoms with van der Waals surface area (Å²) < 4.78 is 13.3. The van der Waals surface area contributed by atoms with Crippen molar-refractivity contribution in [2.24, 2.45) is 7.05 Å². The van der Waals surface area contributed by atoms with Crippen molar-refractivity contribution >= 4 is 29.1 Å².